The van der Waals surface area contributed by atoms with Crippen LogP contribution in [0, 0.1) is 0 Å². The molecule has 0 amide bonds. The Bertz CT molecular complexity index is 789. The van der Waals surface area contributed by atoms with Gasteiger partial charge in [0.25, 0.3) is 0 Å². The number of sulfonamides is 1. The summed E-state index contributed by atoms with van der Waals surface area (Å²) >= 11 is 7.62. The second kappa shape index (κ2) is 5.64. The topological polar surface area (TPSA) is 70.5 Å². The number of rotatable bonds is 2. The highest BCUT2D eigenvalue weighted by atomic mass is 35.5. The Kier molecular flexibility index (Phi) is 4.00. The number of halogens is 1. The Hall–Kier alpha value is -1.02. The molecule has 0 aliphatic carbocycles. The highest BCUT2D eigenvalue weighted by Crippen LogP contribution is 2.34. The van der Waals surface area contributed by atoms with Crippen molar-refractivity contribution in [3.63, 3.8) is 0 Å². The average Bonchev–Trinajstić information content (AvgIpc) is 2.49. The average molecular weight is 345 g/mol. The SMILES string of the molecule is O=S(=O)(c1cnc2ccc(Cl)cc2c1O)N1CCSCC1. The van der Waals surface area contributed by atoms with Gasteiger partial charge in [0.05, 0.1) is 11.7 Å². The van der Waals surface area contributed by atoms with Crippen molar-refractivity contribution >= 4 is 44.3 Å². The molecule has 2 heterocycles. The maximum Gasteiger partial charge on any atom is 0.248 e. The minimum absolute atomic E-state index is 0.163. The number of fused-ring (bicyclic) bond motifs is 1. The van der Waals surface area contributed by atoms with Crippen LogP contribution >= 0.6 is 23.4 Å². The van der Waals surface area contributed by atoms with E-state index in [1.54, 1.807) is 23.9 Å². The lowest BCUT2D eigenvalue weighted by Crippen LogP contribution is -2.37. The molecule has 0 spiro atoms. The first kappa shape index (κ1) is 14.9. The Morgan fingerprint density at radius 1 is 1.29 bits per heavy atom. The predicted octanol–water partition coefficient (Wildman–Crippen LogP) is 2.33. The molecular formula is C13H13ClN2O3S2. The number of benzene rings is 1. The quantitative estimate of drug-likeness (QED) is 0.905. The van der Waals surface area contributed by atoms with Gasteiger partial charge in [-0.2, -0.15) is 16.1 Å². The molecule has 5 nitrogen and oxygen atoms in total. The number of thioether (sulfide) groups is 1. The summed E-state index contributed by atoms with van der Waals surface area (Å²) in [4.78, 5) is 3.95. The third-order valence-corrected chi connectivity index (χ3v) is 6.43. The standard InChI is InChI=1S/C13H13ClN2O3S2/c14-9-1-2-11-10(7-9)13(17)12(8-15-11)21(18,19)16-3-5-20-6-4-16/h1-2,7-8H,3-6H2,(H,15,17). The van der Waals surface area contributed by atoms with Crippen LogP contribution in [-0.2, 0) is 10.0 Å². The van der Waals surface area contributed by atoms with Gasteiger partial charge in [-0.1, -0.05) is 11.6 Å². The van der Waals surface area contributed by atoms with Gasteiger partial charge in [-0.3, -0.25) is 4.98 Å². The van der Waals surface area contributed by atoms with Crippen LogP contribution in [0.15, 0.2) is 29.3 Å². The van der Waals surface area contributed by atoms with Gasteiger partial charge in [0.15, 0.2) is 0 Å². The normalized spacial score (nSPS) is 17.2. The summed E-state index contributed by atoms with van der Waals surface area (Å²) in [5.41, 5.74) is 0.505. The second-order valence-electron chi connectivity index (χ2n) is 4.65. The molecule has 1 fully saturated rings. The van der Waals surface area contributed by atoms with Gasteiger partial charge in [0.1, 0.15) is 10.6 Å². The van der Waals surface area contributed by atoms with E-state index in [1.807, 2.05) is 0 Å². The van der Waals surface area contributed by atoms with Crippen LogP contribution in [-0.4, -0.2) is 47.4 Å². The summed E-state index contributed by atoms with van der Waals surface area (Å²) in [7, 11) is -3.73. The first-order chi connectivity index (χ1) is 10.00. The molecule has 0 atom stereocenters. The number of hydrogen-bond acceptors (Lipinski definition) is 5. The fourth-order valence-corrected chi connectivity index (χ4v) is 5.04. The number of hydrogen-bond donors (Lipinski definition) is 1. The molecule has 3 rings (SSSR count). The van der Waals surface area contributed by atoms with Crippen molar-refractivity contribution in [3.05, 3.63) is 29.4 Å². The summed E-state index contributed by atoms with van der Waals surface area (Å²) < 4.78 is 26.6. The van der Waals surface area contributed by atoms with Crippen molar-refractivity contribution in [2.75, 3.05) is 24.6 Å². The molecular weight excluding hydrogens is 332 g/mol. The van der Waals surface area contributed by atoms with E-state index in [4.69, 9.17) is 11.6 Å². The van der Waals surface area contributed by atoms with E-state index < -0.39 is 10.0 Å². The van der Waals surface area contributed by atoms with Crippen molar-refractivity contribution in [1.82, 2.24) is 9.29 Å². The molecule has 21 heavy (non-hydrogen) atoms. The Balaban J connectivity index is 2.13. The first-order valence-corrected chi connectivity index (χ1v) is 9.32. The van der Waals surface area contributed by atoms with Gasteiger partial charge in [-0.15, -0.1) is 0 Å². The predicted molar refractivity (Wildman–Crippen MR) is 84.5 cm³/mol. The highest BCUT2D eigenvalue weighted by molar-refractivity contribution is 7.99. The van der Waals surface area contributed by atoms with Crippen LogP contribution < -0.4 is 0 Å². The highest BCUT2D eigenvalue weighted by Gasteiger charge is 2.29. The lowest BCUT2D eigenvalue weighted by molar-refractivity contribution is 0.429. The molecule has 1 saturated heterocycles. The maximum absolute atomic E-state index is 12.6. The molecule has 1 aliphatic heterocycles. The maximum atomic E-state index is 12.6. The Morgan fingerprint density at radius 2 is 2.00 bits per heavy atom. The van der Waals surface area contributed by atoms with Crippen LogP contribution in [0.1, 0.15) is 0 Å². The van der Waals surface area contributed by atoms with Crippen LogP contribution in [0.5, 0.6) is 5.75 Å². The van der Waals surface area contributed by atoms with Gasteiger partial charge in [0, 0.05) is 35.0 Å². The molecule has 1 N–H and O–H groups in total. The second-order valence-corrected chi connectivity index (χ2v) is 8.22. The summed E-state index contributed by atoms with van der Waals surface area (Å²) in [6.07, 6.45) is 1.21. The number of aromatic nitrogens is 1. The molecule has 0 saturated carbocycles. The zero-order valence-electron chi connectivity index (χ0n) is 11.0. The van der Waals surface area contributed by atoms with E-state index in [2.05, 4.69) is 4.98 Å². The minimum atomic E-state index is -3.73. The van der Waals surface area contributed by atoms with E-state index in [0.717, 1.165) is 11.5 Å². The monoisotopic (exact) mass is 344 g/mol. The summed E-state index contributed by atoms with van der Waals surface area (Å²) in [5, 5.41) is 11.1. The fraction of sp³-hybridized carbons (Fsp3) is 0.308. The molecule has 8 heteroatoms. The number of nitrogens with zero attached hydrogens (tertiary/aromatic N) is 2. The van der Waals surface area contributed by atoms with Crippen molar-refractivity contribution in [2.24, 2.45) is 0 Å². The van der Waals surface area contributed by atoms with Gasteiger partial charge in [-0.05, 0) is 18.2 Å². The lowest BCUT2D eigenvalue weighted by atomic mass is 10.2. The van der Waals surface area contributed by atoms with Gasteiger partial charge >= 0.3 is 0 Å². The summed E-state index contributed by atoms with van der Waals surface area (Å²) in [5.74, 6) is 1.22. The van der Waals surface area contributed by atoms with E-state index >= 15 is 0 Å². The molecule has 0 radical (unpaired) electrons. The van der Waals surface area contributed by atoms with E-state index in [9.17, 15) is 13.5 Å². The molecule has 1 aliphatic rings. The lowest BCUT2D eigenvalue weighted by Gasteiger charge is -2.25. The van der Waals surface area contributed by atoms with E-state index in [-0.39, 0.29) is 10.6 Å². The van der Waals surface area contributed by atoms with Crippen LogP contribution in [0.4, 0.5) is 0 Å². The third-order valence-electron chi connectivity index (χ3n) is 3.36. The smallest absolute Gasteiger partial charge is 0.248 e. The van der Waals surface area contributed by atoms with Crippen molar-refractivity contribution in [2.45, 2.75) is 4.90 Å². The largest absolute Gasteiger partial charge is 0.506 e. The van der Waals surface area contributed by atoms with Crippen molar-refractivity contribution < 1.29 is 13.5 Å². The molecule has 112 valence electrons. The van der Waals surface area contributed by atoms with Crippen molar-refractivity contribution in [1.29, 1.82) is 0 Å². The number of pyridine rings is 1. The molecule has 1 aromatic heterocycles. The minimum Gasteiger partial charge on any atom is -0.506 e. The molecule has 1 aromatic carbocycles. The van der Waals surface area contributed by atoms with Gasteiger partial charge < -0.3 is 5.11 Å². The zero-order valence-corrected chi connectivity index (χ0v) is 13.4. The molecule has 0 bridgehead atoms. The zero-order chi connectivity index (χ0) is 15.0. The van der Waals surface area contributed by atoms with Crippen LogP contribution in [0.3, 0.4) is 0 Å². The van der Waals surface area contributed by atoms with Crippen molar-refractivity contribution in [3.8, 4) is 5.75 Å². The van der Waals surface area contributed by atoms with Crippen LogP contribution in [0.25, 0.3) is 10.9 Å². The third kappa shape index (κ3) is 2.70. The first-order valence-electron chi connectivity index (χ1n) is 6.35. The van der Waals surface area contributed by atoms with Gasteiger partial charge in [0.2, 0.25) is 10.0 Å². The summed E-state index contributed by atoms with van der Waals surface area (Å²) in [6.45, 7) is 0.889. The van der Waals surface area contributed by atoms with E-state index in [1.165, 1.54) is 16.6 Å². The number of aromatic hydroxyl groups is 1. The van der Waals surface area contributed by atoms with Crippen LogP contribution in [0.2, 0.25) is 5.02 Å². The fourth-order valence-electron chi connectivity index (χ4n) is 2.25. The Labute approximate surface area is 132 Å². The van der Waals surface area contributed by atoms with E-state index in [0.29, 0.717) is 29.0 Å². The summed E-state index contributed by atoms with van der Waals surface area (Å²) in [6, 6.07) is 4.81. The molecule has 2 aromatic rings. The Morgan fingerprint density at radius 3 is 2.71 bits per heavy atom. The molecule has 0 unspecified atom stereocenters. The van der Waals surface area contributed by atoms with Gasteiger partial charge in [-0.25, -0.2) is 8.42 Å².